The number of pyridine rings is 1. The molecule has 3 fully saturated rings. The molecule has 6 heterocycles. The number of thiophene rings is 1. The van der Waals surface area contributed by atoms with E-state index in [0.717, 1.165) is 32.5 Å². The summed E-state index contributed by atoms with van der Waals surface area (Å²) < 4.78 is 42.0. The Kier molecular flexibility index (Phi) is 10.1. The monoisotopic (exact) mass is 725 g/mol. The van der Waals surface area contributed by atoms with Gasteiger partial charge in [0, 0.05) is 92.2 Å². The van der Waals surface area contributed by atoms with Crippen LogP contribution in [-0.2, 0) is 29.1 Å². The summed E-state index contributed by atoms with van der Waals surface area (Å²) in [5.74, 6) is 0.0762. The number of anilines is 1. The van der Waals surface area contributed by atoms with Crippen LogP contribution in [0.3, 0.4) is 0 Å². The number of carbonyl (C=O) groups excluding carboxylic acids is 2. The summed E-state index contributed by atoms with van der Waals surface area (Å²) in [6.07, 6.45) is 6.79. The number of morpholine rings is 2. The van der Waals surface area contributed by atoms with Gasteiger partial charge in [-0.3, -0.25) is 14.6 Å². The SMILES string of the molecule is O=C(CC1CN(S(=O)(=O)c2cc3ccc(Cl)cc3s2)CC(CC(=O)N2CCOCC2)N1c1ncc(-c2ccncc2)cn1)N1CCOCC1. The Morgan fingerprint density at radius 2 is 1.39 bits per heavy atom. The summed E-state index contributed by atoms with van der Waals surface area (Å²) in [4.78, 5) is 46.4. The second-order valence-corrected chi connectivity index (χ2v) is 15.9. The number of piperazine rings is 1. The zero-order valence-corrected chi connectivity index (χ0v) is 29.1. The summed E-state index contributed by atoms with van der Waals surface area (Å²) in [6.45, 7) is 3.57. The van der Waals surface area contributed by atoms with Crippen molar-refractivity contribution < 1.29 is 27.5 Å². The molecule has 3 saturated heterocycles. The quantitative estimate of drug-likeness (QED) is 0.266. The molecule has 0 N–H and O–H groups in total. The van der Waals surface area contributed by atoms with Crippen LogP contribution in [0.2, 0.25) is 5.02 Å². The van der Waals surface area contributed by atoms with Gasteiger partial charge in [0.05, 0.1) is 38.5 Å². The molecule has 3 aliphatic rings. The van der Waals surface area contributed by atoms with E-state index in [9.17, 15) is 18.0 Å². The molecular formula is C33H36ClN7O6S2. The maximum atomic E-state index is 14.4. The van der Waals surface area contributed by atoms with Crippen molar-refractivity contribution in [3.05, 3.63) is 66.2 Å². The number of ether oxygens (including phenoxy) is 2. The maximum absolute atomic E-state index is 14.4. The van der Waals surface area contributed by atoms with Crippen molar-refractivity contribution in [2.24, 2.45) is 0 Å². The van der Waals surface area contributed by atoms with Crippen LogP contribution in [0.5, 0.6) is 0 Å². The fourth-order valence-electron chi connectivity index (χ4n) is 6.54. The first-order chi connectivity index (χ1) is 23.8. The van der Waals surface area contributed by atoms with Crippen molar-refractivity contribution in [2.75, 3.05) is 70.6 Å². The molecule has 0 saturated carbocycles. The van der Waals surface area contributed by atoms with E-state index in [2.05, 4.69) is 4.98 Å². The van der Waals surface area contributed by atoms with E-state index in [4.69, 9.17) is 31.0 Å². The summed E-state index contributed by atoms with van der Waals surface area (Å²) in [6, 6.07) is 9.33. The van der Waals surface area contributed by atoms with Gasteiger partial charge in [-0.2, -0.15) is 4.31 Å². The molecule has 49 heavy (non-hydrogen) atoms. The third kappa shape index (κ3) is 7.42. The van der Waals surface area contributed by atoms with Crippen molar-refractivity contribution >= 4 is 60.8 Å². The summed E-state index contributed by atoms with van der Waals surface area (Å²) in [5.41, 5.74) is 1.67. The molecule has 3 aliphatic heterocycles. The van der Waals surface area contributed by atoms with E-state index in [1.807, 2.05) is 17.0 Å². The summed E-state index contributed by atoms with van der Waals surface area (Å²) in [7, 11) is -4.03. The van der Waals surface area contributed by atoms with Gasteiger partial charge in [0.25, 0.3) is 10.0 Å². The zero-order chi connectivity index (χ0) is 34.0. The molecule has 2 unspecified atom stereocenters. The first-order valence-electron chi connectivity index (χ1n) is 16.2. The van der Waals surface area contributed by atoms with Gasteiger partial charge >= 0.3 is 0 Å². The molecule has 0 radical (unpaired) electrons. The smallest absolute Gasteiger partial charge is 0.252 e. The van der Waals surface area contributed by atoms with Crippen LogP contribution in [0, 0.1) is 0 Å². The molecule has 16 heteroatoms. The number of aromatic nitrogens is 3. The molecule has 4 aromatic rings. The molecule has 7 rings (SSSR count). The van der Waals surface area contributed by atoms with Crippen molar-refractivity contribution in [3.63, 3.8) is 0 Å². The number of halogens is 1. The Hall–Kier alpha value is -3.73. The lowest BCUT2D eigenvalue weighted by molar-refractivity contribution is -0.136. The number of hydrogen-bond donors (Lipinski definition) is 0. The van der Waals surface area contributed by atoms with E-state index in [0.29, 0.717) is 63.6 Å². The van der Waals surface area contributed by atoms with Gasteiger partial charge in [-0.15, -0.1) is 11.3 Å². The van der Waals surface area contributed by atoms with E-state index < -0.39 is 22.1 Å². The van der Waals surface area contributed by atoms with E-state index >= 15 is 0 Å². The van der Waals surface area contributed by atoms with Gasteiger partial charge < -0.3 is 24.2 Å². The minimum Gasteiger partial charge on any atom is -0.378 e. The number of fused-ring (bicyclic) bond motifs is 1. The van der Waals surface area contributed by atoms with Gasteiger partial charge in [-0.05, 0) is 41.3 Å². The lowest BCUT2D eigenvalue weighted by atomic mass is 10.0. The normalized spacial score (nSPS) is 20.9. The van der Waals surface area contributed by atoms with Gasteiger partial charge in [0.1, 0.15) is 4.21 Å². The highest BCUT2D eigenvalue weighted by molar-refractivity contribution is 7.91. The third-order valence-electron chi connectivity index (χ3n) is 9.10. The van der Waals surface area contributed by atoms with Gasteiger partial charge in [0.2, 0.25) is 17.8 Å². The van der Waals surface area contributed by atoms with Crippen LogP contribution in [0.15, 0.2) is 65.4 Å². The second kappa shape index (κ2) is 14.6. The van der Waals surface area contributed by atoms with Gasteiger partial charge in [-0.25, -0.2) is 18.4 Å². The Balaban J connectivity index is 1.26. The molecule has 2 amide bonds. The minimum absolute atomic E-state index is 0.00508. The van der Waals surface area contributed by atoms with Crippen molar-refractivity contribution in [2.45, 2.75) is 29.1 Å². The van der Waals surface area contributed by atoms with Crippen LogP contribution in [0.4, 0.5) is 5.95 Å². The predicted molar refractivity (Wildman–Crippen MR) is 185 cm³/mol. The molecule has 0 bridgehead atoms. The van der Waals surface area contributed by atoms with Gasteiger partial charge in [-0.1, -0.05) is 17.7 Å². The fourth-order valence-corrected chi connectivity index (χ4v) is 9.88. The first kappa shape index (κ1) is 33.8. The lowest BCUT2D eigenvalue weighted by Gasteiger charge is -2.46. The second-order valence-electron chi connectivity index (χ2n) is 12.2. The predicted octanol–water partition coefficient (Wildman–Crippen LogP) is 3.15. The largest absolute Gasteiger partial charge is 0.378 e. The Labute approximate surface area is 293 Å². The van der Waals surface area contributed by atoms with Crippen LogP contribution < -0.4 is 4.90 Å². The van der Waals surface area contributed by atoms with Crippen molar-refractivity contribution in [3.8, 4) is 11.1 Å². The van der Waals surface area contributed by atoms with Crippen LogP contribution in [-0.4, -0.2) is 127 Å². The molecule has 0 aliphatic carbocycles. The molecule has 13 nitrogen and oxygen atoms in total. The summed E-state index contributed by atoms with van der Waals surface area (Å²) in [5, 5.41) is 1.29. The highest BCUT2D eigenvalue weighted by Crippen LogP contribution is 2.36. The molecule has 3 aromatic heterocycles. The average Bonchev–Trinajstić information content (AvgIpc) is 3.57. The third-order valence-corrected chi connectivity index (χ3v) is 12.7. The number of amides is 2. The molecule has 258 valence electrons. The van der Waals surface area contributed by atoms with Crippen LogP contribution in [0.1, 0.15) is 12.8 Å². The van der Waals surface area contributed by atoms with E-state index in [-0.39, 0.29) is 42.0 Å². The fraction of sp³-hybridized carbons (Fsp3) is 0.424. The number of sulfonamides is 1. The van der Waals surface area contributed by atoms with Crippen LogP contribution in [0.25, 0.3) is 21.2 Å². The number of benzene rings is 1. The topological polar surface area (TPSA) is 138 Å². The first-order valence-corrected chi connectivity index (χ1v) is 18.8. The van der Waals surface area contributed by atoms with E-state index in [1.54, 1.807) is 58.9 Å². The number of hydrogen-bond acceptors (Lipinski definition) is 11. The highest BCUT2D eigenvalue weighted by Gasteiger charge is 2.44. The summed E-state index contributed by atoms with van der Waals surface area (Å²) >= 11 is 7.36. The number of nitrogens with zero attached hydrogens (tertiary/aromatic N) is 7. The van der Waals surface area contributed by atoms with E-state index in [1.165, 1.54) is 4.31 Å². The standard InChI is InChI=1S/C33H36ClN7O6S2/c34-26-2-1-24-15-32(48-29(24)16-26)49(44,45)40-21-27(17-30(42)38-7-11-46-12-8-38)41(28(22-40)18-31(43)39-9-13-47-14-10-39)33-36-19-25(20-37-33)23-3-5-35-6-4-23/h1-6,15-16,19-20,27-28H,7-14,17-18,21-22H2. The Morgan fingerprint density at radius 1 is 0.816 bits per heavy atom. The average molecular weight is 726 g/mol. The minimum atomic E-state index is -4.03. The zero-order valence-electron chi connectivity index (χ0n) is 26.7. The number of rotatable bonds is 8. The number of carbonyl (C=O) groups is 2. The maximum Gasteiger partial charge on any atom is 0.252 e. The van der Waals surface area contributed by atoms with Crippen LogP contribution >= 0.6 is 22.9 Å². The lowest BCUT2D eigenvalue weighted by Crippen LogP contribution is -2.62. The van der Waals surface area contributed by atoms with Gasteiger partial charge in [0.15, 0.2) is 0 Å². The molecule has 1 aromatic carbocycles. The Morgan fingerprint density at radius 3 is 1.96 bits per heavy atom. The molecular weight excluding hydrogens is 690 g/mol. The van der Waals surface area contributed by atoms with Crippen molar-refractivity contribution in [1.29, 1.82) is 0 Å². The van der Waals surface area contributed by atoms with Crippen molar-refractivity contribution in [1.82, 2.24) is 29.1 Å². The highest BCUT2D eigenvalue weighted by atomic mass is 35.5. The molecule has 0 spiro atoms. The Bertz CT molecular complexity index is 1860. The molecule has 2 atom stereocenters.